The van der Waals surface area contributed by atoms with Crippen LogP contribution in [0, 0.1) is 10.7 Å². The highest BCUT2D eigenvalue weighted by atomic mass is 32.2. The number of hydrogen-bond donors (Lipinski definition) is 0. The summed E-state index contributed by atoms with van der Waals surface area (Å²) in [6, 6.07) is 0. The molecule has 0 N–H and O–H groups in total. The smallest absolute Gasteiger partial charge is 0.333 e. The zero-order chi connectivity index (χ0) is 7.98. The molecule has 0 radical (unpaired) electrons. The summed E-state index contributed by atoms with van der Waals surface area (Å²) < 4.78 is 4.55. The van der Waals surface area contributed by atoms with E-state index in [2.05, 4.69) is 11.3 Å². The van der Waals surface area contributed by atoms with Crippen molar-refractivity contribution >= 4 is 17.7 Å². The molecule has 0 amide bonds. The van der Waals surface area contributed by atoms with Crippen LogP contribution in [-0.4, -0.2) is 11.9 Å². The van der Waals surface area contributed by atoms with E-state index in [0.29, 0.717) is 5.57 Å². The number of carbonyl (C=O) groups excluding carboxylic acids is 1. The second kappa shape index (κ2) is 4.89. The van der Waals surface area contributed by atoms with E-state index in [1.807, 2.05) is 0 Å². The average Bonchev–Trinajstić information content (AvgIpc) is 1.88. The summed E-state index contributed by atoms with van der Waals surface area (Å²) in [7, 11) is 0. The highest BCUT2D eigenvalue weighted by molar-refractivity contribution is 8.03. The molecule has 0 aliphatic rings. The SMILES string of the molecule is C=C(C)C(=O)OCSC#N. The number of thiocyanates is 1. The van der Waals surface area contributed by atoms with Crippen molar-refractivity contribution in [3.63, 3.8) is 0 Å². The first-order valence-electron chi connectivity index (χ1n) is 2.52. The third-order valence-corrected chi connectivity index (χ3v) is 1.03. The topological polar surface area (TPSA) is 50.1 Å². The molecule has 0 aliphatic carbocycles. The van der Waals surface area contributed by atoms with Crippen LogP contribution in [-0.2, 0) is 9.53 Å². The van der Waals surface area contributed by atoms with E-state index < -0.39 is 5.97 Å². The van der Waals surface area contributed by atoms with Crippen LogP contribution in [0.1, 0.15) is 6.92 Å². The van der Waals surface area contributed by atoms with Gasteiger partial charge in [0.15, 0.2) is 5.94 Å². The molecule has 3 nitrogen and oxygen atoms in total. The number of hydrogen-bond acceptors (Lipinski definition) is 4. The molecule has 0 heterocycles. The molecule has 0 aromatic carbocycles. The van der Waals surface area contributed by atoms with Crippen molar-refractivity contribution in [1.82, 2.24) is 0 Å². The number of ether oxygens (including phenoxy) is 1. The zero-order valence-electron chi connectivity index (χ0n) is 5.59. The first kappa shape index (κ1) is 9.05. The van der Waals surface area contributed by atoms with Crippen LogP contribution >= 0.6 is 11.8 Å². The second-order valence-corrected chi connectivity index (χ2v) is 2.27. The number of nitrogens with zero attached hydrogens (tertiary/aromatic N) is 1. The van der Waals surface area contributed by atoms with Gasteiger partial charge in [-0.05, 0) is 18.7 Å². The number of nitriles is 1. The predicted octanol–water partition coefficient (Wildman–Crippen LogP) is 1.28. The molecule has 4 heteroatoms. The number of esters is 1. The van der Waals surface area contributed by atoms with Crippen molar-refractivity contribution in [2.45, 2.75) is 6.92 Å². The molecule has 10 heavy (non-hydrogen) atoms. The van der Waals surface area contributed by atoms with E-state index in [1.54, 1.807) is 12.3 Å². The molecule has 0 bridgehead atoms. The highest BCUT2D eigenvalue weighted by Gasteiger charge is 2.00. The summed E-state index contributed by atoms with van der Waals surface area (Å²) in [6.45, 7) is 4.92. The molecular formula is C6H7NO2S. The fourth-order valence-corrected chi connectivity index (χ4v) is 0.451. The van der Waals surface area contributed by atoms with Gasteiger partial charge in [0, 0.05) is 5.57 Å². The molecule has 0 aliphatic heterocycles. The van der Waals surface area contributed by atoms with Crippen molar-refractivity contribution in [2.75, 3.05) is 5.94 Å². The molecule has 0 saturated heterocycles. The van der Waals surface area contributed by atoms with Crippen LogP contribution in [0.15, 0.2) is 12.2 Å². The maximum atomic E-state index is 10.6. The fraction of sp³-hybridized carbons (Fsp3) is 0.333. The Balaban J connectivity index is 3.43. The minimum absolute atomic E-state index is 0.0716. The van der Waals surface area contributed by atoms with Gasteiger partial charge >= 0.3 is 5.97 Å². The lowest BCUT2D eigenvalue weighted by molar-refractivity contribution is -0.136. The zero-order valence-corrected chi connectivity index (χ0v) is 6.40. The van der Waals surface area contributed by atoms with Gasteiger partial charge < -0.3 is 4.74 Å². The van der Waals surface area contributed by atoms with Crippen LogP contribution in [0.25, 0.3) is 0 Å². The van der Waals surface area contributed by atoms with Gasteiger partial charge in [-0.1, -0.05) is 6.58 Å². The quantitative estimate of drug-likeness (QED) is 0.203. The minimum Gasteiger partial charge on any atom is -0.450 e. The van der Waals surface area contributed by atoms with E-state index in [1.165, 1.54) is 0 Å². The predicted molar refractivity (Wildman–Crippen MR) is 39.0 cm³/mol. The van der Waals surface area contributed by atoms with Gasteiger partial charge in [-0.15, -0.1) is 0 Å². The Bertz CT molecular complexity index is 183. The van der Waals surface area contributed by atoms with Crippen LogP contribution in [0.2, 0.25) is 0 Å². The van der Waals surface area contributed by atoms with Crippen molar-refractivity contribution in [2.24, 2.45) is 0 Å². The van der Waals surface area contributed by atoms with Crippen LogP contribution in [0.3, 0.4) is 0 Å². The Labute approximate surface area is 63.7 Å². The maximum absolute atomic E-state index is 10.6. The molecule has 0 saturated carbocycles. The van der Waals surface area contributed by atoms with Crippen molar-refractivity contribution < 1.29 is 9.53 Å². The summed E-state index contributed by atoms with van der Waals surface area (Å²) in [5.74, 6) is -0.384. The molecule has 0 aromatic heterocycles. The lowest BCUT2D eigenvalue weighted by Gasteiger charge is -1.98. The van der Waals surface area contributed by atoms with Gasteiger partial charge in [-0.3, -0.25) is 0 Å². The molecule has 0 aromatic rings. The van der Waals surface area contributed by atoms with Crippen molar-refractivity contribution in [3.05, 3.63) is 12.2 Å². The Morgan fingerprint density at radius 1 is 1.90 bits per heavy atom. The third kappa shape index (κ3) is 3.98. The normalized spacial score (nSPS) is 8.00. The monoisotopic (exact) mass is 157 g/mol. The van der Waals surface area contributed by atoms with Gasteiger partial charge in [-0.25, -0.2) is 4.79 Å². The Kier molecular flexibility index (Phi) is 4.42. The Hall–Kier alpha value is -0.950. The van der Waals surface area contributed by atoms with Gasteiger partial charge in [0.1, 0.15) is 5.40 Å². The lowest BCUT2D eigenvalue weighted by atomic mass is 10.4. The molecule has 0 fully saturated rings. The second-order valence-electron chi connectivity index (χ2n) is 1.57. The standard InChI is InChI=1S/C6H7NO2S/c1-5(2)6(8)9-4-10-3-7/h1,4H2,2H3. The first-order chi connectivity index (χ1) is 4.68. The maximum Gasteiger partial charge on any atom is 0.333 e. The molecular weight excluding hydrogens is 150 g/mol. The number of rotatable bonds is 3. The number of carbonyl (C=O) groups is 1. The minimum atomic E-state index is -0.456. The summed E-state index contributed by atoms with van der Waals surface area (Å²) >= 11 is 0.875. The first-order valence-corrected chi connectivity index (χ1v) is 3.50. The largest absolute Gasteiger partial charge is 0.450 e. The van der Waals surface area contributed by atoms with Gasteiger partial charge in [-0.2, -0.15) is 5.26 Å². The summed E-state index contributed by atoms with van der Waals surface area (Å²) in [5.41, 5.74) is 0.346. The molecule has 54 valence electrons. The summed E-state index contributed by atoms with van der Waals surface area (Å²) in [6.07, 6.45) is 0. The fourth-order valence-electron chi connectivity index (χ4n) is 0.233. The van der Waals surface area contributed by atoms with E-state index in [0.717, 1.165) is 11.8 Å². The van der Waals surface area contributed by atoms with Crippen LogP contribution in [0.4, 0.5) is 0 Å². The highest BCUT2D eigenvalue weighted by Crippen LogP contribution is 1.99. The summed E-state index contributed by atoms with van der Waals surface area (Å²) in [4.78, 5) is 10.6. The van der Waals surface area contributed by atoms with Crippen LogP contribution in [0.5, 0.6) is 0 Å². The molecule has 0 spiro atoms. The van der Waals surface area contributed by atoms with E-state index >= 15 is 0 Å². The van der Waals surface area contributed by atoms with Crippen molar-refractivity contribution in [3.8, 4) is 5.40 Å². The van der Waals surface area contributed by atoms with Gasteiger partial charge in [0.25, 0.3) is 0 Å². The van der Waals surface area contributed by atoms with E-state index in [-0.39, 0.29) is 5.94 Å². The van der Waals surface area contributed by atoms with Crippen molar-refractivity contribution in [1.29, 1.82) is 5.26 Å². The molecule has 0 unspecified atom stereocenters. The Morgan fingerprint density at radius 2 is 2.50 bits per heavy atom. The third-order valence-electron chi connectivity index (χ3n) is 0.662. The van der Waals surface area contributed by atoms with E-state index in [4.69, 9.17) is 5.26 Å². The van der Waals surface area contributed by atoms with Crippen LogP contribution < -0.4 is 0 Å². The number of thioether (sulfide) groups is 1. The van der Waals surface area contributed by atoms with E-state index in [9.17, 15) is 4.79 Å². The molecule has 0 rings (SSSR count). The molecule has 0 atom stereocenters. The van der Waals surface area contributed by atoms with Gasteiger partial charge in [0.2, 0.25) is 0 Å². The Morgan fingerprint density at radius 3 is 2.90 bits per heavy atom. The summed E-state index contributed by atoms with van der Waals surface area (Å²) in [5, 5.41) is 9.79. The lowest BCUT2D eigenvalue weighted by Crippen LogP contribution is -2.03. The average molecular weight is 157 g/mol. The van der Waals surface area contributed by atoms with Gasteiger partial charge in [0.05, 0.1) is 0 Å².